The van der Waals surface area contributed by atoms with Gasteiger partial charge in [0, 0.05) is 27.6 Å². The average Bonchev–Trinajstić information content (AvgIpc) is 2.71. The van der Waals surface area contributed by atoms with E-state index in [1.54, 1.807) is 56.3 Å². The van der Waals surface area contributed by atoms with Gasteiger partial charge in [0.15, 0.2) is 0 Å². The van der Waals surface area contributed by atoms with Crippen LogP contribution in [0.25, 0.3) is 0 Å². The lowest BCUT2D eigenvalue weighted by Gasteiger charge is -2.31. The van der Waals surface area contributed by atoms with Gasteiger partial charge in [-0.1, -0.05) is 41.4 Å². The van der Waals surface area contributed by atoms with Crippen LogP contribution in [0.4, 0.5) is 5.69 Å². The van der Waals surface area contributed by atoms with Gasteiger partial charge in [-0.05, 0) is 59.6 Å². The Kier molecular flexibility index (Phi) is 9.39. The maximum Gasteiger partial charge on any atom is 0.244 e. The number of hydrogen-bond acceptors (Lipinski definition) is 4. The summed E-state index contributed by atoms with van der Waals surface area (Å²) < 4.78 is 26.6. The van der Waals surface area contributed by atoms with Crippen LogP contribution in [0.3, 0.4) is 0 Å². The summed E-state index contributed by atoms with van der Waals surface area (Å²) in [5, 5.41) is 3.46. The molecule has 1 atom stereocenters. The maximum atomic E-state index is 13.4. The molecule has 11 heteroatoms. The quantitative estimate of drug-likeness (QED) is 0.497. The molecule has 0 saturated heterocycles. The summed E-state index contributed by atoms with van der Waals surface area (Å²) in [5.74, 6) is -0.923. The van der Waals surface area contributed by atoms with E-state index in [9.17, 15) is 18.0 Å². The maximum absolute atomic E-state index is 13.4. The Morgan fingerprint density at radius 2 is 1.81 bits per heavy atom. The molecule has 1 unspecified atom stereocenters. The van der Waals surface area contributed by atoms with Crippen LogP contribution in [0, 0.1) is 0 Å². The van der Waals surface area contributed by atoms with Gasteiger partial charge in [-0.15, -0.1) is 0 Å². The highest BCUT2D eigenvalue weighted by Crippen LogP contribution is 2.28. The van der Waals surface area contributed by atoms with E-state index in [-0.39, 0.29) is 12.5 Å². The normalized spacial score (nSPS) is 12.2. The number of nitrogens with one attached hydrogen (secondary N) is 1. The van der Waals surface area contributed by atoms with E-state index in [0.717, 1.165) is 10.6 Å². The number of amides is 2. The molecule has 0 aliphatic heterocycles. The van der Waals surface area contributed by atoms with E-state index in [1.807, 2.05) is 0 Å². The summed E-state index contributed by atoms with van der Waals surface area (Å²) in [6.45, 7) is 3.25. The number of para-hydroxylation sites is 1. The van der Waals surface area contributed by atoms with Crippen molar-refractivity contribution in [2.24, 2.45) is 0 Å². The molecule has 0 bridgehead atoms. The Balaban J connectivity index is 2.43. The molecule has 0 fully saturated rings. The van der Waals surface area contributed by atoms with Crippen molar-refractivity contribution < 1.29 is 18.0 Å². The predicted octanol–water partition coefficient (Wildman–Crippen LogP) is 4.08. The number of rotatable bonds is 9. The van der Waals surface area contributed by atoms with E-state index in [4.69, 9.17) is 23.2 Å². The largest absolute Gasteiger partial charge is 0.355 e. The van der Waals surface area contributed by atoms with Crippen LogP contribution in [0.1, 0.15) is 19.4 Å². The molecular formula is C21H24BrCl2N3O4S. The summed E-state index contributed by atoms with van der Waals surface area (Å²) in [4.78, 5) is 27.2. The fourth-order valence-electron chi connectivity index (χ4n) is 2.99. The third-order valence-corrected chi connectivity index (χ3v) is 7.06. The minimum Gasteiger partial charge on any atom is -0.355 e. The summed E-state index contributed by atoms with van der Waals surface area (Å²) in [7, 11) is -3.80. The topological polar surface area (TPSA) is 86.8 Å². The molecule has 0 aliphatic carbocycles. The SMILES string of the molecule is CCNC(=O)C(C)N(Cc1ccc(Cl)cc1Cl)C(=O)CN(c1ccccc1Br)S(C)(=O)=O. The van der Waals surface area contributed by atoms with Crippen LogP contribution < -0.4 is 9.62 Å². The van der Waals surface area contributed by atoms with E-state index >= 15 is 0 Å². The number of likely N-dealkylation sites (N-methyl/N-ethyl adjacent to an activating group) is 1. The number of benzene rings is 2. The van der Waals surface area contributed by atoms with Crippen LogP contribution in [-0.2, 0) is 26.2 Å². The minimum absolute atomic E-state index is 0.000692. The Hall–Kier alpha value is -1.81. The van der Waals surface area contributed by atoms with Crippen molar-refractivity contribution in [2.45, 2.75) is 26.4 Å². The molecular weight excluding hydrogens is 541 g/mol. The number of sulfonamides is 1. The number of anilines is 1. The fourth-order valence-corrected chi connectivity index (χ4v) is 4.93. The molecule has 2 aromatic carbocycles. The van der Waals surface area contributed by atoms with Gasteiger partial charge in [-0.2, -0.15) is 0 Å². The Morgan fingerprint density at radius 3 is 2.38 bits per heavy atom. The molecule has 0 heterocycles. The highest BCUT2D eigenvalue weighted by Gasteiger charge is 2.30. The lowest BCUT2D eigenvalue weighted by molar-refractivity contribution is -0.139. The summed E-state index contributed by atoms with van der Waals surface area (Å²) in [6.07, 6.45) is 1.02. The van der Waals surface area contributed by atoms with E-state index < -0.39 is 28.5 Å². The highest BCUT2D eigenvalue weighted by atomic mass is 79.9. The molecule has 2 aromatic rings. The summed E-state index contributed by atoms with van der Waals surface area (Å²) in [6, 6.07) is 10.7. The zero-order valence-corrected chi connectivity index (χ0v) is 21.7. The standard InChI is InChI=1S/C21H24BrCl2N3O4S/c1-4-25-21(29)14(2)26(12-15-9-10-16(23)11-18(15)24)20(28)13-27(32(3,30)31)19-8-6-5-7-17(19)22/h5-11,14H,4,12-13H2,1-3H3,(H,25,29). The number of nitrogens with zero attached hydrogens (tertiary/aromatic N) is 2. The lowest BCUT2D eigenvalue weighted by Crippen LogP contribution is -2.51. The van der Waals surface area contributed by atoms with Crippen molar-refractivity contribution in [3.63, 3.8) is 0 Å². The zero-order chi connectivity index (χ0) is 24.1. The van der Waals surface area contributed by atoms with Gasteiger partial charge in [0.25, 0.3) is 0 Å². The molecule has 0 radical (unpaired) electrons. The monoisotopic (exact) mass is 563 g/mol. The third-order valence-electron chi connectivity index (χ3n) is 4.67. The van der Waals surface area contributed by atoms with Crippen LogP contribution in [0.2, 0.25) is 10.0 Å². The van der Waals surface area contributed by atoms with Crippen molar-refractivity contribution in [1.82, 2.24) is 10.2 Å². The molecule has 0 spiro atoms. The average molecular weight is 565 g/mol. The minimum atomic E-state index is -3.80. The number of hydrogen-bond donors (Lipinski definition) is 1. The molecule has 2 amide bonds. The van der Waals surface area contributed by atoms with Crippen LogP contribution in [0.5, 0.6) is 0 Å². The molecule has 1 N–H and O–H groups in total. The molecule has 0 saturated carbocycles. The van der Waals surface area contributed by atoms with Gasteiger partial charge in [-0.3, -0.25) is 13.9 Å². The molecule has 0 aromatic heterocycles. The van der Waals surface area contributed by atoms with Crippen LogP contribution in [0.15, 0.2) is 46.9 Å². The first-order chi connectivity index (χ1) is 15.0. The second-order valence-electron chi connectivity index (χ2n) is 7.05. The van der Waals surface area contributed by atoms with Crippen molar-refractivity contribution in [3.05, 3.63) is 62.5 Å². The first-order valence-corrected chi connectivity index (χ1v) is 13.1. The van der Waals surface area contributed by atoms with Crippen molar-refractivity contribution in [2.75, 3.05) is 23.7 Å². The van der Waals surface area contributed by atoms with Gasteiger partial charge in [0.05, 0.1) is 11.9 Å². The first-order valence-electron chi connectivity index (χ1n) is 9.69. The molecule has 0 aliphatic rings. The fraction of sp³-hybridized carbons (Fsp3) is 0.333. The van der Waals surface area contributed by atoms with Gasteiger partial charge in [0.2, 0.25) is 21.8 Å². The van der Waals surface area contributed by atoms with Gasteiger partial charge >= 0.3 is 0 Å². The summed E-state index contributed by atoms with van der Waals surface area (Å²) in [5.41, 5.74) is 0.894. The lowest BCUT2D eigenvalue weighted by atomic mass is 10.1. The van der Waals surface area contributed by atoms with E-state index in [0.29, 0.717) is 32.3 Å². The van der Waals surface area contributed by atoms with E-state index in [2.05, 4.69) is 21.2 Å². The zero-order valence-electron chi connectivity index (χ0n) is 17.8. The Bertz CT molecular complexity index is 1100. The van der Waals surface area contributed by atoms with Crippen molar-refractivity contribution in [1.29, 1.82) is 0 Å². The number of halogens is 3. The highest BCUT2D eigenvalue weighted by molar-refractivity contribution is 9.10. The van der Waals surface area contributed by atoms with Crippen molar-refractivity contribution >= 4 is 66.7 Å². The molecule has 32 heavy (non-hydrogen) atoms. The Morgan fingerprint density at radius 1 is 1.16 bits per heavy atom. The van der Waals surface area contributed by atoms with Crippen molar-refractivity contribution in [3.8, 4) is 0 Å². The smallest absolute Gasteiger partial charge is 0.244 e. The van der Waals surface area contributed by atoms with Crippen LogP contribution >= 0.6 is 39.1 Å². The summed E-state index contributed by atoms with van der Waals surface area (Å²) >= 11 is 15.6. The number of carbonyl (C=O) groups excluding carboxylic acids is 2. The third kappa shape index (κ3) is 6.84. The molecule has 7 nitrogen and oxygen atoms in total. The first kappa shape index (κ1) is 26.4. The van der Waals surface area contributed by atoms with E-state index in [1.165, 1.54) is 4.90 Å². The van der Waals surface area contributed by atoms with Gasteiger partial charge < -0.3 is 10.2 Å². The van der Waals surface area contributed by atoms with Gasteiger partial charge in [0.1, 0.15) is 12.6 Å². The van der Waals surface area contributed by atoms with Gasteiger partial charge in [-0.25, -0.2) is 8.42 Å². The number of carbonyl (C=O) groups is 2. The Labute approximate surface area is 206 Å². The second-order valence-corrected chi connectivity index (χ2v) is 10.7. The van der Waals surface area contributed by atoms with Crippen LogP contribution in [-0.4, -0.2) is 50.5 Å². The second kappa shape index (κ2) is 11.4. The molecule has 2 rings (SSSR count). The molecule has 174 valence electrons. The predicted molar refractivity (Wildman–Crippen MR) is 131 cm³/mol.